The molecule has 1 atom stereocenters. The summed E-state index contributed by atoms with van der Waals surface area (Å²) in [7, 11) is 2.66. The molecule has 6 heteroatoms. The van der Waals surface area contributed by atoms with Crippen LogP contribution in [0.5, 0.6) is 0 Å². The minimum absolute atomic E-state index is 0. The molecule has 208 valence electrons. The van der Waals surface area contributed by atoms with Crippen molar-refractivity contribution in [3.05, 3.63) is 0 Å². The lowest BCUT2D eigenvalue weighted by molar-refractivity contribution is 0.122. The molecule has 0 aliphatic carbocycles. The molecular formula is C28H62ClNO3Si. The number of nitrogens with two attached hydrogens (primary N) is 1. The zero-order chi connectivity index (χ0) is 24.8. The first kappa shape index (κ1) is 36.5. The first-order valence-electron chi connectivity index (χ1n) is 14.3. The van der Waals surface area contributed by atoms with Gasteiger partial charge in [0.2, 0.25) is 0 Å². The Morgan fingerprint density at radius 3 is 1.32 bits per heavy atom. The van der Waals surface area contributed by atoms with Gasteiger partial charge in [-0.15, -0.1) is 12.4 Å². The van der Waals surface area contributed by atoms with Crippen molar-refractivity contribution in [3.8, 4) is 0 Å². The summed E-state index contributed by atoms with van der Waals surface area (Å²) in [5.74, 6) is 0.684. The third-order valence-corrected chi connectivity index (χ3v) is 9.89. The van der Waals surface area contributed by atoms with Crippen LogP contribution in [0, 0.1) is 5.92 Å². The molecule has 34 heavy (non-hydrogen) atoms. The molecule has 0 radical (unpaired) electrons. The van der Waals surface area contributed by atoms with Crippen LogP contribution in [0.3, 0.4) is 0 Å². The summed E-state index contributed by atoms with van der Waals surface area (Å²) in [6.07, 6.45) is 25.9. The number of hydrogen-bond acceptors (Lipinski definition) is 4. The summed E-state index contributed by atoms with van der Waals surface area (Å²) in [5, 5.41) is 0. The fourth-order valence-electron chi connectivity index (χ4n) is 5.06. The van der Waals surface area contributed by atoms with Crippen molar-refractivity contribution in [1.82, 2.24) is 0 Å². The molecule has 0 amide bonds. The predicted octanol–water partition coefficient (Wildman–Crippen LogP) is 9.07. The summed E-state index contributed by atoms with van der Waals surface area (Å²) in [4.78, 5) is 0. The molecule has 0 spiro atoms. The summed E-state index contributed by atoms with van der Waals surface area (Å²) in [6.45, 7) is 6.61. The van der Waals surface area contributed by atoms with Crippen molar-refractivity contribution in [2.45, 2.75) is 154 Å². The number of unbranched alkanes of at least 4 members (excludes halogenated alkanes) is 14. The highest BCUT2D eigenvalue weighted by atomic mass is 35.5. The van der Waals surface area contributed by atoms with E-state index in [4.69, 9.17) is 19.0 Å². The van der Waals surface area contributed by atoms with E-state index in [1.54, 1.807) is 21.3 Å². The molecule has 2 N–H and O–H groups in total. The predicted molar refractivity (Wildman–Crippen MR) is 154 cm³/mol. The normalized spacial score (nSPS) is 13.1. The average molecular weight is 524 g/mol. The van der Waals surface area contributed by atoms with E-state index < -0.39 is 8.80 Å². The maximum absolute atomic E-state index is 6.36. The topological polar surface area (TPSA) is 53.7 Å². The number of hydrogen-bond donors (Lipinski definition) is 1. The second-order valence-corrected chi connectivity index (χ2v) is 14.1. The average Bonchev–Trinajstić information content (AvgIpc) is 2.78. The lowest BCUT2D eigenvalue weighted by Gasteiger charge is -2.28. The summed E-state index contributed by atoms with van der Waals surface area (Å²) >= 11 is 0. The zero-order valence-corrected chi connectivity index (χ0v) is 25.7. The molecule has 0 heterocycles. The first-order valence-corrected chi connectivity index (χ1v) is 16.2. The highest BCUT2D eigenvalue weighted by Gasteiger charge is 2.37. The van der Waals surface area contributed by atoms with Crippen LogP contribution in [0.1, 0.15) is 143 Å². The Labute approximate surface area is 221 Å². The van der Waals surface area contributed by atoms with Crippen LogP contribution in [-0.2, 0) is 13.3 Å². The number of halogens is 1. The molecule has 0 aromatic heterocycles. The van der Waals surface area contributed by atoms with Gasteiger partial charge in [-0.2, -0.15) is 0 Å². The fraction of sp³-hybridized carbons (Fsp3) is 1.00. The highest BCUT2D eigenvalue weighted by Crippen LogP contribution is 2.27. The second kappa shape index (κ2) is 23.7. The van der Waals surface area contributed by atoms with Crippen LogP contribution >= 0.6 is 12.4 Å². The molecule has 0 bridgehead atoms. The van der Waals surface area contributed by atoms with Crippen LogP contribution in [0.15, 0.2) is 0 Å². The van der Waals surface area contributed by atoms with Gasteiger partial charge >= 0.3 is 8.80 Å². The Hall–Kier alpha value is 0.347. The molecule has 1 unspecified atom stereocenters. The Morgan fingerprint density at radius 2 is 0.971 bits per heavy atom. The van der Waals surface area contributed by atoms with Gasteiger partial charge in [0, 0.05) is 32.9 Å². The quantitative estimate of drug-likeness (QED) is 0.0956. The third kappa shape index (κ3) is 21.6. The van der Waals surface area contributed by atoms with E-state index in [0.29, 0.717) is 5.92 Å². The van der Waals surface area contributed by atoms with E-state index in [-0.39, 0.29) is 17.9 Å². The molecule has 0 rings (SSSR count). The van der Waals surface area contributed by atoms with E-state index >= 15 is 0 Å². The lowest BCUT2D eigenvalue weighted by atomic mass is 9.85. The molecule has 0 saturated heterocycles. The van der Waals surface area contributed by atoms with Gasteiger partial charge in [-0.25, -0.2) is 0 Å². The van der Waals surface area contributed by atoms with Gasteiger partial charge in [0.25, 0.3) is 0 Å². The van der Waals surface area contributed by atoms with Crippen LogP contribution in [0.4, 0.5) is 0 Å². The lowest BCUT2D eigenvalue weighted by Crippen LogP contribution is -2.42. The Kier molecular flexibility index (Phi) is 25.5. The van der Waals surface area contributed by atoms with Gasteiger partial charge < -0.3 is 19.0 Å². The first-order chi connectivity index (χ1) is 15.8. The maximum atomic E-state index is 6.36. The minimum atomic E-state index is -2.45. The van der Waals surface area contributed by atoms with Crippen molar-refractivity contribution in [1.29, 1.82) is 0 Å². The second-order valence-electron chi connectivity index (χ2n) is 11.0. The van der Waals surface area contributed by atoms with Gasteiger partial charge in [-0.1, -0.05) is 116 Å². The van der Waals surface area contributed by atoms with Crippen molar-refractivity contribution < 1.29 is 13.3 Å². The molecule has 0 aromatic rings. The molecule has 0 aliphatic heterocycles. The Balaban J connectivity index is 0. The largest absolute Gasteiger partial charge is 0.500 e. The smallest absolute Gasteiger partial charge is 0.377 e. The van der Waals surface area contributed by atoms with E-state index in [2.05, 4.69) is 20.8 Å². The molecule has 4 nitrogen and oxygen atoms in total. The van der Waals surface area contributed by atoms with E-state index in [1.165, 1.54) is 109 Å². The molecule has 0 saturated carbocycles. The van der Waals surface area contributed by atoms with Crippen LogP contribution in [-0.4, -0.2) is 35.7 Å². The molecular weight excluding hydrogens is 462 g/mol. The van der Waals surface area contributed by atoms with Crippen LogP contribution < -0.4 is 5.73 Å². The Morgan fingerprint density at radius 1 is 0.618 bits per heavy atom. The molecule has 0 aromatic carbocycles. The fourth-order valence-corrected chi connectivity index (χ4v) is 6.81. The monoisotopic (exact) mass is 523 g/mol. The van der Waals surface area contributed by atoms with Gasteiger partial charge in [-0.05, 0) is 32.6 Å². The molecule has 0 fully saturated rings. The zero-order valence-electron chi connectivity index (χ0n) is 23.9. The van der Waals surface area contributed by atoms with Gasteiger partial charge in [0.05, 0.1) is 0 Å². The van der Waals surface area contributed by atoms with E-state index in [9.17, 15) is 0 Å². The van der Waals surface area contributed by atoms with Crippen LogP contribution in [0.2, 0.25) is 6.04 Å². The van der Waals surface area contributed by atoms with Crippen molar-refractivity contribution in [2.75, 3.05) is 21.3 Å². The van der Waals surface area contributed by atoms with E-state index in [0.717, 1.165) is 18.9 Å². The Bertz CT molecular complexity index is 409. The van der Waals surface area contributed by atoms with Gasteiger partial charge in [0.1, 0.15) is 0 Å². The summed E-state index contributed by atoms with van der Waals surface area (Å²) < 4.78 is 16.7. The minimum Gasteiger partial charge on any atom is -0.377 e. The molecule has 0 aliphatic rings. The van der Waals surface area contributed by atoms with Gasteiger partial charge in [-0.3, -0.25) is 0 Å². The maximum Gasteiger partial charge on any atom is 0.500 e. The standard InChI is InChI=1S/C28H61NO3Si.ClH/c1-7-8-9-10-11-12-13-14-15-16-17-18-19-20-21-23-27(26-28(2,3)29)24-22-25-33(30-4,31-5)32-6;/h27H,7-26,29H2,1-6H3;1H. The van der Waals surface area contributed by atoms with Crippen molar-refractivity contribution in [3.63, 3.8) is 0 Å². The van der Waals surface area contributed by atoms with Crippen molar-refractivity contribution >= 4 is 21.2 Å². The van der Waals surface area contributed by atoms with Gasteiger partial charge in [0.15, 0.2) is 0 Å². The number of rotatable bonds is 25. The van der Waals surface area contributed by atoms with E-state index in [1.807, 2.05) is 0 Å². The SMILES string of the molecule is CCCCCCCCCCCCCCCCCC(CCC[Si](OC)(OC)OC)CC(C)(C)N.Cl. The van der Waals surface area contributed by atoms with Crippen LogP contribution in [0.25, 0.3) is 0 Å². The van der Waals surface area contributed by atoms with Crippen molar-refractivity contribution in [2.24, 2.45) is 11.7 Å². The summed E-state index contributed by atoms with van der Waals surface area (Å²) in [6, 6.07) is 0.886. The summed E-state index contributed by atoms with van der Waals surface area (Å²) in [5.41, 5.74) is 6.26. The third-order valence-electron chi connectivity index (χ3n) is 7.06. The highest BCUT2D eigenvalue weighted by molar-refractivity contribution is 6.60.